The molecule has 0 aromatic heterocycles. The molecule has 0 unspecified atom stereocenters. The number of halogens is 3. The molecule has 1 aromatic rings. The van der Waals surface area contributed by atoms with Gasteiger partial charge >= 0.3 is 6.18 Å². The van der Waals surface area contributed by atoms with Crippen LogP contribution in [0.3, 0.4) is 0 Å². The standard InChI is InChI=1S/C15H19F3N2O/c1-20-8-6-11(7-9-20)10-14(21)19-13-4-2-12(3-5-13)15(16,17)18/h2-5,11H,6-10H2,1H3,(H,19,21). The minimum Gasteiger partial charge on any atom is -0.326 e. The van der Waals surface area contributed by atoms with Crippen LogP contribution in [0.4, 0.5) is 18.9 Å². The number of rotatable bonds is 3. The Balaban J connectivity index is 1.85. The zero-order valence-corrected chi connectivity index (χ0v) is 11.9. The van der Waals surface area contributed by atoms with Gasteiger partial charge in [-0.3, -0.25) is 4.79 Å². The van der Waals surface area contributed by atoms with E-state index in [0.717, 1.165) is 38.1 Å². The van der Waals surface area contributed by atoms with Crippen molar-refractivity contribution in [2.24, 2.45) is 5.92 Å². The second-order valence-corrected chi connectivity index (χ2v) is 5.57. The third-order valence-electron chi connectivity index (χ3n) is 3.81. The van der Waals surface area contributed by atoms with Gasteiger partial charge in [0.15, 0.2) is 0 Å². The van der Waals surface area contributed by atoms with E-state index in [0.29, 0.717) is 18.0 Å². The van der Waals surface area contributed by atoms with Crippen molar-refractivity contribution in [3.63, 3.8) is 0 Å². The second kappa shape index (κ2) is 6.47. The normalized spacial score (nSPS) is 17.7. The first-order chi connectivity index (χ1) is 9.84. The Kier molecular flexibility index (Phi) is 4.88. The van der Waals surface area contributed by atoms with E-state index in [1.807, 2.05) is 0 Å². The van der Waals surface area contributed by atoms with Gasteiger partial charge in [0.25, 0.3) is 0 Å². The molecular formula is C15H19F3N2O. The smallest absolute Gasteiger partial charge is 0.326 e. The van der Waals surface area contributed by atoms with E-state index < -0.39 is 11.7 Å². The molecule has 3 nitrogen and oxygen atoms in total. The van der Waals surface area contributed by atoms with Crippen molar-refractivity contribution in [3.8, 4) is 0 Å². The van der Waals surface area contributed by atoms with Crippen molar-refractivity contribution in [3.05, 3.63) is 29.8 Å². The molecule has 1 heterocycles. The van der Waals surface area contributed by atoms with Crippen LogP contribution in [0.25, 0.3) is 0 Å². The molecule has 6 heteroatoms. The Morgan fingerprint density at radius 3 is 2.33 bits per heavy atom. The molecule has 1 aliphatic rings. The number of piperidine rings is 1. The first-order valence-electron chi connectivity index (χ1n) is 7.00. The fourth-order valence-electron chi connectivity index (χ4n) is 2.48. The molecule has 1 amide bonds. The zero-order valence-electron chi connectivity index (χ0n) is 11.9. The number of carbonyl (C=O) groups excluding carboxylic acids is 1. The van der Waals surface area contributed by atoms with E-state index >= 15 is 0 Å². The Morgan fingerprint density at radius 2 is 1.81 bits per heavy atom. The van der Waals surface area contributed by atoms with Gasteiger partial charge in [-0.05, 0) is 63.2 Å². The molecule has 0 bridgehead atoms. The average molecular weight is 300 g/mol. The number of benzene rings is 1. The van der Waals surface area contributed by atoms with Gasteiger partial charge in [-0.1, -0.05) is 0 Å². The highest BCUT2D eigenvalue weighted by Crippen LogP contribution is 2.30. The molecule has 0 radical (unpaired) electrons. The number of hydrogen-bond donors (Lipinski definition) is 1. The summed E-state index contributed by atoms with van der Waals surface area (Å²) in [4.78, 5) is 14.1. The van der Waals surface area contributed by atoms with Gasteiger partial charge in [0.2, 0.25) is 5.91 Å². The number of anilines is 1. The molecule has 1 saturated heterocycles. The average Bonchev–Trinajstić information content (AvgIpc) is 2.41. The highest BCUT2D eigenvalue weighted by Gasteiger charge is 2.30. The summed E-state index contributed by atoms with van der Waals surface area (Å²) in [5, 5.41) is 2.66. The van der Waals surface area contributed by atoms with Crippen LogP contribution in [0.2, 0.25) is 0 Å². The number of likely N-dealkylation sites (tertiary alicyclic amines) is 1. The predicted octanol–water partition coefficient (Wildman–Crippen LogP) is 3.38. The van der Waals surface area contributed by atoms with Gasteiger partial charge in [-0.15, -0.1) is 0 Å². The maximum absolute atomic E-state index is 12.4. The summed E-state index contributed by atoms with van der Waals surface area (Å²) >= 11 is 0. The monoisotopic (exact) mass is 300 g/mol. The quantitative estimate of drug-likeness (QED) is 0.928. The van der Waals surface area contributed by atoms with Gasteiger partial charge in [0, 0.05) is 12.1 Å². The number of nitrogens with one attached hydrogen (secondary N) is 1. The molecule has 21 heavy (non-hydrogen) atoms. The van der Waals surface area contributed by atoms with Gasteiger partial charge in [0.05, 0.1) is 5.56 Å². The van der Waals surface area contributed by atoms with Crippen LogP contribution in [0, 0.1) is 5.92 Å². The van der Waals surface area contributed by atoms with Crippen LogP contribution in [-0.2, 0) is 11.0 Å². The SMILES string of the molecule is CN1CCC(CC(=O)Nc2ccc(C(F)(F)F)cc2)CC1. The largest absolute Gasteiger partial charge is 0.416 e. The molecule has 0 saturated carbocycles. The summed E-state index contributed by atoms with van der Waals surface area (Å²) in [6.45, 7) is 1.97. The summed E-state index contributed by atoms with van der Waals surface area (Å²) in [6.07, 6.45) is -1.96. The number of alkyl halides is 3. The summed E-state index contributed by atoms with van der Waals surface area (Å²) in [6, 6.07) is 4.53. The summed E-state index contributed by atoms with van der Waals surface area (Å²) in [5.41, 5.74) is -0.309. The minimum atomic E-state index is -4.35. The van der Waals surface area contributed by atoms with E-state index in [1.54, 1.807) is 0 Å². The molecule has 2 rings (SSSR count). The highest BCUT2D eigenvalue weighted by molar-refractivity contribution is 5.90. The Bertz CT molecular complexity index is 477. The fraction of sp³-hybridized carbons (Fsp3) is 0.533. The van der Waals surface area contributed by atoms with Crippen LogP contribution in [0.15, 0.2) is 24.3 Å². The van der Waals surface area contributed by atoms with E-state index in [9.17, 15) is 18.0 Å². The Morgan fingerprint density at radius 1 is 1.24 bits per heavy atom. The first-order valence-corrected chi connectivity index (χ1v) is 7.00. The molecule has 1 aliphatic heterocycles. The molecular weight excluding hydrogens is 281 g/mol. The first kappa shape index (κ1) is 15.8. The fourth-order valence-corrected chi connectivity index (χ4v) is 2.48. The van der Waals surface area contributed by atoms with E-state index in [2.05, 4.69) is 17.3 Å². The summed E-state index contributed by atoms with van der Waals surface area (Å²) in [7, 11) is 2.05. The van der Waals surface area contributed by atoms with Gasteiger partial charge in [0.1, 0.15) is 0 Å². The molecule has 116 valence electrons. The molecule has 0 spiro atoms. The highest BCUT2D eigenvalue weighted by atomic mass is 19.4. The lowest BCUT2D eigenvalue weighted by Gasteiger charge is -2.28. The maximum Gasteiger partial charge on any atom is 0.416 e. The lowest BCUT2D eigenvalue weighted by atomic mass is 9.93. The molecule has 1 aromatic carbocycles. The van der Waals surface area contributed by atoms with Crippen molar-refractivity contribution in [1.29, 1.82) is 0 Å². The zero-order chi connectivity index (χ0) is 15.5. The van der Waals surface area contributed by atoms with Gasteiger partial charge in [-0.25, -0.2) is 0 Å². The van der Waals surface area contributed by atoms with E-state index in [4.69, 9.17) is 0 Å². The summed E-state index contributed by atoms with van der Waals surface area (Å²) < 4.78 is 37.3. The van der Waals surface area contributed by atoms with Gasteiger partial charge < -0.3 is 10.2 Å². The predicted molar refractivity (Wildman–Crippen MR) is 74.9 cm³/mol. The van der Waals surface area contributed by atoms with Crippen LogP contribution >= 0.6 is 0 Å². The van der Waals surface area contributed by atoms with Crippen LogP contribution in [-0.4, -0.2) is 30.9 Å². The van der Waals surface area contributed by atoms with Crippen LogP contribution in [0.1, 0.15) is 24.8 Å². The molecule has 1 fully saturated rings. The maximum atomic E-state index is 12.4. The Labute approximate surface area is 122 Å². The molecule has 0 atom stereocenters. The van der Waals surface area contributed by atoms with Crippen molar-refractivity contribution >= 4 is 11.6 Å². The van der Waals surface area contributed by atoms with E-state index in [1.165, 1.54) is 12.1 Å². The number of hydrogen-bond acceptors (Lipinski definition) is 2. The van der Waals surface area contributed by atoms with Crippen molar-refractivity contribution < 1.29 is 18.0 Å². The number of nitrogens with zero attached hydrogens (tertiary/aromatic N) is 1. The van der Waals surface area contributed by atoms with Gasteiger partial charge in [-0.2, -0.15) is 13.2 Å². The third kappa shape index (κ3) is 4.74. The van der Waals surface area contributed by atoms with Crippen LogP contribution < -0.4 is 5.32 Å². The minimum absolute atomic E-state index is 0.135. The lowest BCUT2D eigenvalue weighted by molar-refractivity contribution is -0.137. The van der Waals surface area contributed by atoms with Crippen molar-refractivity contribution in [1.82, 2.24) is 4.90 Å². The third-order valence-corrected chi connectivity index (χ3v) is 3.81. The summed E-state index contributed by atoms with van der Waals surface area (Å²) in [5.74, 6) is 0.222. The van der Waals surface area contributed by atoms with Crippen molar-refractivity contribution in [2.45, 2.75) is 25.4 Å². The lowest BCUT2D eigenvalue weighted by Crippen LogP contribution is -2.31. The number of carbonyl (C=O) groups is 1. The Hall–Kier alpha value is -1.56. The van der Waals surface area contributed by atoms with E-state index in [-0.39, 0.29) is 5.91 Å². The second-order valence-electron chi connectivity index (χ2n) is 5.57. The van der Waals surface area contributed by atoms with Crippen molar-refractivity contribution in [2.75, 3.05) is 25.5 Å². The molecule has 0 aliphatic carbocycles. The topological polar surface area (TPSA) is 32.3 Å². The van der Waals surface area contributed by atoms with Crippen LogP contribution in [0.5, 0.6) is 0 Å². The number of amides is 1. The molecule has 1 N–H and O–H groups in total.